The molecular weight excluding hydrogens is 420 g/mol. The van der Waals surface area contributed by atoms with Crippen LogP contribution in [0.15, 0.2) is 60.7 Å². The molecule has 0 aliphatic heterocycles. The molecule has 3 aromatic rings. The third-order valence-electron chi connectivity index (χ3n) is 4.70. The second kappa shape index (κ2) is 12.1. The molecule has 0 aliphatic rings. The Balaban J connectivity index is 1.62. The van der Waals surface area contributed by atoms with Crippen LogP contribution in [0.2, 0.25) is 0 Å². The Hall–Kier alpha value is -3.05. The number of benzene rings is 2. The normalized spacial score (nSPS) is 11.0. The second-order valence-electron chi connectivity index (χ2n) is 7.22. The standard InChI is InChI=1S/C27H30O4S/c1-4-8-23-13-16-27(32-23)24(28)14-11-20-9-7-10-22(17-20)31-19-21-12-15-25(29-5-2)26(18-21)30-6-3/h7,9-18H,4-6,8,19H2,1-3H3/b14-11+. The molecule has 168 valence electrons. The van der Waals surface area contributed by atoms with E-state index in [1.165, 1.54) is 4.88 Å². The zero-order valence-electron chi connectivity index (χ0n) is 18.9. The van der Waals surface area contributed by atoms with Crippen LogP contribution in [0.1, 0.15) is 52.9 Å². The van der Waals surface area contributed by atoms with Crippen LogP contribution in [0.3, 0.4) is 0 Å². The Morgan fingerprint density at radius 3 is 2.50 bits per heavy atom. The lowest BCUT2D eigenvalue weighted by Gasteiger charge is -2.13. The highest BCUT2D eigenvalue weighted by molar-refractivity contribution is 7.14. The summed E-state index contributed by atoms with van der Waals surface area (Å²) in [7, 11) is 0. The molecule has 0 atom stereocenters. The van der Waals surface area contributed by atoms with Crippen LogP contribution in [-0.2, 0) is 13.0 Å². The topological polar surface area (TPSA) is 44.8 Å². The third-order valence-corrected chi connectivity index (χ3v) is 5.86. The van der Waals surface area contributed by atoms with Gasteiger partial charge in [0.25, 0.3) is 0 Å². The molecule has 0 amide bonds. The van der Waals surface area contributed by atoms with E-state index in [9.17, 15) is 4.79 Å². The Kier molecular flexibility index (Phi) is 8.93. The van der Waals surface area contributed by atoms with E-state index < -0.39 is 0 Å². The number of carbonyl (C=O) groups excluding carboxylic acids is 1. The fourth-order valence-electron chi connectivity index (χ4n) is 3.21. The van der Waals surface area contributed by atoms with Crippen LogP contribution in [0, 0.1) is 0 Å². The number of aryl methyl sites for hydroxylation is 1. The average Bonchev–Trinajstić information content (AvgIpc) is 3.27. The zero-order chi connectivity index (χ0) is 22.8. The summed E-state index contributed by atoms with van der Waals surface area (Å²) in [6.07, 6.45) is 5.56. The van der Waals surface area contributed by atoms with Gasteiger partial charge < -0.3 is 14.2 Å². The summed E-state index contributed by atoms with van der Waals surface area (Å²) >= 11 is 1.57. The number of hydrogen-bond acceptors (Lipinski definition) is 5. The molecular formula is C27H30O4S. The molecule has 0 saturated carbocycles. The number of thiophene rings is 1. The lowest BCUT2D eigenvalue weighted by Crippen LogP contribution is -2.01. The summed E-state index contributed by atoms with van der Waals surface area (Å²) in [5.74, 6) is 2.23. The quantitative estimate of drug-likeness (QED) is 0.221. The van der Waals surface area contributed by atoms with Crippen LogP contribution >= 0.6 is 11.3 Å². The first-order valence-electron chi connectivity index (χ1n) is 11.0. The smallest absolute Gasteiger partial charge is 0.195 e. The highest BCUT2D eigenvalue weighted by Crippen LogP contribution is 2.29. The Morgan fingerprint density at radius 1 is 0.906 bits per heavy atom. The van der Waals surface area contributed by atoms with Crippen molar-refractivity contribution in [3.05, 3.63) is 81.6 Å². The summed E-state index contributed by atoms with van der Waals surface area (Å²) in [6.45, 7) is 7.61. The first-order chi connectivity index (χ1) is 15.6. The first kappa shape index (κ1) is 23.6. The molecule has 0 unspecified atom stereocenters. The summed E-state index contributed by atoms with van der Waals surface area (Å²) in [4.78, 5) is 14.5. The first-order valence-corrected chi connectivity index (χ1v) is 11.9. The maximum Gasteiger partial charge on any atom is 0.195 e. The van der Waals surface area contributed by atoms with Crippen molar-refractivity contribution < 1.29 is 19.0 Å². The molecule has 0 spiro atoms. The van der Waals surface area contributed by atoms with E-state index >= 15 is 0 Å². The minimum Gasteiger partial charge on any atom is -0.490 e. The summed E-state index contributed by atoms with van der Waals surface area (Å²) in [5, 5.41) is 0. The van der Waals surface area contributed by atoms with Gasteiger partial charge in [0.2, 0.25) is 0 Å². The Labute approximate surface area is 194 Å². The van der Waals surface area contributed by atoms with Gasteiger partial charge in [0, 0.05) is 4.88 Å². The fraction of sp³-hybridized carbons (Fsp3) is 0.296. The number of allylic oxidation sites excluding steroid dienone is 1. The van der Waals surface area contributed by atoms with Gasteiger partial charge in [0.1, 0.15) is 12.4 Å². The zero-order valence-corrected chi connectivity index (χ0v) is 19.7. The SMILES string of the molecule is CCCc1ccc(C(=O)/C=C/c2cccc(OCc3ccc(OCC)c(OCC)c3)c2)s1. The van der Waals surface area contributed by atoms with Crippen LogP contribution in [0.25, 0.3) is 6.08 Å². The predicted octanol–water partition coefficient (Wildman–Crippen LogP) is 6.97. The molecule has 0 bridgehead atoms. The number of ketones is 1. The highest BCUT2D eigenvalue weighted by Gasteiger charge is 2.08. The molecule has 1 aromatic heterocycles. The van der Waals surface area contributed by atoms with Gasteiger partial charge >= 0.3 is 0 Å². The average molecular weight is 451 g/mol. The lowest BCUT2D eigenvalue weighted by molar-refractivity contribution is 0.105. The molecule has 3 rings (SSSR count). The molecule has 0 aliphatic carbocycles. The van der Waals surface area contributed by atoms with E-state index in [-0.39, 0.29) is 5.78 Å². The lowest BCUT2D eigenvalue weighted by atomic mass is 10.1. The van der Waals surface area contributed by atoms with Gasteiger partial charge in [-0.25, -0.2) is 0 Å². The Bertz CT molecular complexity index is 1050. The third kappa shape index (κ3) is 6.72. The van der Waals surface area contributed by atoms with Crippen molar-refractivity contribution in [3.8, 4) is 17.2 Å². The summed E-state index contributed by atoms with van der Waals surface area (Å²) in [6, 6.07) is 17.5. The van der Waals surface area contributed by atoms with E-state index in [1.54, 1.807) is 17.4 Å². The largest absolute Gasteiger partial charge is 0.490 e. The van der Waals surface area contributed by atoms with Crippen molar-refractivity contribution in [1.29, 1.82) is 0 Å². The van der Waals surface area contributed by atoms with Gasteiger partial charge in [-0.15, -0.1) is 11.3 Å². The van der Waals surface area contributed by atoms with Gasteiger partial charge in [-0.1, -0.05) is 37.6 Å². The molecule has 0 saturated heterocycles. The van der Waals surface area contributed by atoms with Gasteiger partial charge in [-0.3, -0.25) is 4.79 Å². The molecule has 5 heteroatoms. The van der Waals surface area contributed by atoms with E-state index in [0.29, 0.717) is 19.8 Å². The number of rotatable bonds is 12. The molecule has 32 heavy (non-hydrogen) atoms. The van der Waals surface area contributed by atoms with Crippen LogP contribution in [-0.4, -0.2) is 19.0 Å². The summed E-state index contributed by atoms with van der Waals surface area (Å²) in [5.41, 5.74) is 1.91. The maximum atomic E-state index is 12.5. The van der Waals surface area contributed by atoms with Crippen molar-refractivity contribution in [3.63, 3.8) is 0 Å². The minimum atomic E-state index is 0.0292. The van der Waals surface area contributed by atoms with E-state index in [0.717, 1.165) is 46.1 Å². The molecule has 0 fully saturated rings. The Morgan fingerprint density at radius 2 is 1.72 bits per heavy atom. The maximum absolute atomic E-state index is 12.5. The van der Waals surface area contributed by atoms with Gasteiger partial charge in [-0.05, 0) is 73.9 Å². The molecule has 0 radical (unpaired) electrons. The van der Waals surface area contributed by atoms with Crippen molar-refractivity contribution in [2.24, 2.45) is 0 Å². The molecule has 2 aromatic carbocycles. The highest BCUT2D eigenvalue weighted by atomic mass is 32.1. The molecule has 4 nitrogen and oxygen atoms in total. The summed E-state index contributed by atoms with van der Waals surface area (Å²) < 4.78 is 17.3. The number of carbonyl (C=O) groups is 1. The van der Waals surface area contributed by atoms with E-state index in [1.807, 2.05) is 74.5 Å². The fourth-order valence-corrected chi connectivity index (χ4v) is 4.23. The second-order valence-corrected chi connectivity index (χ2v) is 8.39. The molecule has 1 heterocycles. The predicted molar refractivity (Wildman–Crippen MR) is 131 cm³/mol. The van der Waals surface area contributed by atoms with E-state index in [2.05, 4.69) is 6.92 Å². The monoisotopic (exact) mass is 450 g/mol. The number of hydrogen-bond donors (Lipinski definition) is 0. The van der Waals surface area contributed by atoms with Crippen LogP contribution < -0.4 is 14.2 Å². The minimum absolute atomic E-state index is 0.0292. The van der Waals surface area contributed by atoms with Crippen molar-refractivity contribution in [1.82, 2.24) is 0 Å². The number of ether oxygens (including phenoxy) is 3. The van der Waals surface area contributed by atoms with Gasteiger partial charge in [0.05, 0.1) is 18.1 Å². The van der Waals surface area contributed by atoms with Crippen LogP contribution in [0.5, 0.6) is 17.2 Å². The van der Waals surface area contributed by atoms with E-state index in [4.69, 9.17) is 14.2 Å². The molecule has 0 N–H and O–H groups in total. The van der Waals surface area contributed by atoms with Crippen molar-refractivity contribution in [2.75, 3.05) is 13.2 Å². The van der Waals surface area contributed by atoms with Gasteiger partial charge in [-0.2, -0.15) is 0 Å². The van der Waals surface area contributed by atoms with Crippen molar-refractivity contribution >= 4 is 23.2 Å². The van der Waals surface area contributed by atoms with Crippen LogP contribution in [0.4, 0.5) is 0 Å². The van der Waals surface area contributed by atoms with Crippen molar-refractivity contribution in [2.45, 2.75) is 40.2 Å². The van der Waals surface area contributed by atoms with Gasteiger partial charge in [0.15, 0.2) is 17.3 Å².